The number of H-pyrrole nitrogens is 1. The summed E-state index contributed by atoms with van der Waals surface area (Å²) in [5, 5.41) is 5.35. The lowest BCUT2D eigenvalue weighted by Crippen LogP contribution is -2.52. The van der Waals surface area contributed by atoms with Crippen molar-refractivity contribution in [2.45, 2.75) is 38.1 Å². The lowest BCUT2D eigenvalue weighted by molar-refractivity contribution is 0.247. The van der Waals surface area contributed by atoms with E-state index >= 15 is 0 Å². The third kappa shape index (κ3) is 3.22. The molecule has 1 aliphatic rings. The first-order chi connectivity index (χ1) is 13.7. The van der Waals surface area contributed by atoms with Crippen LogP contribution in [0.3, 0.4) is 0 Å². The second-order valence-corrected chi connectivity index (χ2v) is 9.88. The van der Waals surface area contributed by atoms with Crippen molar-refractivity contribution in [1.29, 1.82) is 0 Å². The molecule has 9 heteroatoms. The molecule has 29 heavy (non-hydrogen) atoms. The minimum atomic E-state index is -3.60. The van der Waals surface area contributed by atoms with Gasteiger partial charge in [-0.15, -0.1) is 0 Å². The topological polar surface area (TPSA) is 87.1 Å². The Balaban J connectivity index is 1.67. The average molecular weight is 417 g/mol. The zero-order chi connectivity index (χ0) is 20.9. The molecule has 0 saturated carbocycles. The minimum Gasteiger partial charge on any atom is -0.369 e. The van der Waals surface area contributed by atoms with Gasteiger partial charge in [-0.1, -0.05) is 6.92 Å². The fourth-order valence-electron chi connectivity index (χ4n) is 4.43. The molecule has 4 rings (SSSR count). The first kappa shape index (κ1) is 19.9. The van der Waals surface area contributed by atoms with Gasteiger partial charge in [-0.05, 0) is 38.3 Å². The maximum absolute atomic E-state index is 13.5. The van der Waals surface area contributed by atoms with Gasteiger partial charge in [0, 0.05) is 56.7 Å². The van der Waals surface area contributed by atoms with Crippen LogP contribution in [0.25, 0.3) is 11.0 Å². The first-order valence-electron chi connectivity index (χ1n) is 9.87. The lowest BCUT2D eigenvalue weighted by Gasteiger charge is -2.42. The quantitative estimate of drug-likeness (QED) is 0.706. The summed E-state index contributed by atoms with van der Waals surface area (Å²) in [6.07, 6.45) is 4.48. The molecular weight excluding hydrogens is 388 g/mol. The lowest BCUT2D eigenvalue weighted by atomic mass is 9.93. The normalized spacial score (nSPS) is 21.0. The van der Waals surface area contributed by atoms with Crippen molar-refractivity contribution in [2.75, 3.05) is 25.0 Å². The van der Waals surface area contributed by atoms with E-state index < -0.39 is 10.0 Å². The summed E-state index contributed by atoms with van der Waals surface area (Å²) in [7, 11) is 0.219. The van der Waals surface area contributed by atoms with Crippen molar-refractivity contribution in [2.24, 2.45) is 13.0 Å². The monoisotopic (exact) mass is 416 g/mol. The molecule has 4 heterocycles. The summed E-state index contributed by atoms with van der Waals surface area (Å²) in [6.45, 7) is 6.74. The van der Waals surface area contributed by atoms with Gasteiger partial charge in [-0.2, -0.15) is 9.40 Å². The molecule has 1 N–H and O–H groups in total. The maximum atomic E-state index is 13.5. The standard InChI is InChI=1S/C20H28N6O2S/c1-13-8-11-26(29(27,28)19-14(2)23-25(5)15(19)3)12-18(13)24(4)17-7-10-22-20-16(17)6-9-21-20/h6-7,9-10,13,18H,8,11-12H2,1-5H3,(H,21,22)/t13-,18?/m1/s1. The Labute approximate surface area is 171 Å². The molecule has 0 spiro atoms. The van der Waals surface area contributed by atoms with E-state index in [1.807, 2.05) is 32.3 Å². The van der Waals surface area contributed by atoms with E-state index in [0.717, 1.165) is 23.1 Å². The molecule has 0 bridgehead atoms. The van der Waals surface area contributed by atoms with Crippen molar-refractivity contribution in [1.82, 2.24) is 24.1 Å². The zero-order valence-corrected chi connectivity index (χ0v) is 18.4. The molecule has 3 aromatic heterocycles. The maximum Gasteiger partial charge on any atom is 0.246 e. The zero-order valence-electron chi connectivity index (χ0n) is 17.5. The average Bonchev–Trinajstić information content (AvgIpc) is 3.25. The molecule has 1 saturated heterocycles. The Kier molecular flexibility index (Phi) is 4.90. The number of aromatic nitrogens is 4. The molecule has 1 aliphatic heterocycles. The van der Waals surface area contributed by atoms with E-state index in [1.54, 1.807) is 29.2 Å². The molecule has 1 fully saturated rings. The second kappa shape index (κ2) is 7.14. The van der Waals surface area contributed by atoms with Gasteiger partial charge < -0.3 is 9.88 Å². The molecule has 0 aromatic carbocycles. The van der Waals surface area contributed by atoms with E-state index in [9.17, 15) is 8.42 Å². The number of hydrogen-bond donors (Lipinski definition) is 1. The van der Waals surface area contributed by atoms with Crippen LogP contribution in [0.15, 0.2) is 29.4 Å². The van der Waals surface area contributed by atoms with E-state index in [0.29, 0.717) is 35.3 Å². The van der Waals surface area contributed by atoms with Crippen LogP contribution in [0.4, 0.5) is 5.69 Å². The highest BCUT2D eigenvalue weighted by molar-refractivity contribution is 7.89. The van der Waals surface area contributed by atoms with Crippen molar-refractivity contribution in [3.05, 3.63) is 35.9 Å². The number of nitrogens with one attached hydrogen (secondary N) is 1. The Morgan fingerprint density at radius 2 is 2.03 bits per heavy atom. The summed E-state index contributed by atoms with van der Waals surface area (Å²) >= 11 is 0. The van der Waals surface area contributed by atoms with Gasteiger partial charge in [0.2, 0.25) is 10.0 Å². The van der Waals surface area contributed by atoms with Crippen molar-refractivity contribution < 1.29 is 8.42 Å². The molecule has 3 aromatic rings. The van der Waals surface area contributed by atoms with Gasteiger partial charge in [0.05, 0.1) is 11.4 Å². The van der Waals surface area contributed by atoms with Crippen LogP contribution in [0.2, 0.25) is 0 Å². The molecular formula is C20H28N6O2S. The minimum absolute atomic E-state index is 0.0660. The van der Waals surface area contributed by atoms with Gasteiger partial charge in [0.25, 0.3) is 0 Å². The van der Waals surface area contributed by atoms with Gasteiger partial charge in [0.15, 0.2) is 0 Å². The number of aromatic amines is 1. The Bertz CT molecular complexity index is 1150. The molecule has 0 radical (unpaired) electrons. The number of rotatable bonds is 4. The summed E-state index contributed by atoms with van der Waals surface area (Å²) in [6, 6.07) is 4.07. The highest BCUT2D eigenvalue weighted by Crippen LogP contribution is 2.33. The van der Waals surface area contributed by atoms with Crippen LogP contribution < -0.4 is 4.90 Å². The number of aryl methyl sites for hydroxylation is 2. The Morgan fingerprint density at radius 1 is 1.28 bits per heavy atom. The van der Waals surface area contributed by atoms with Crippen LogP contribution in [0, 0.1) is 19.8 Å². The van der Waals surface area contributed by atoms with Gasteiger partial charge in [-0.3, -0.25) is 4.68 Å². The third-order valence-corrected chi connectivity index (χ3v) is 8.35. The summed E-state index contributed by atoms with van der Waals surface area (Å²) < 4.78 is 30.2. The van der Waals surface area contributed by atoms with E-state index in [1.165, 1.54) is 0 Å². The van der Waals surface area contributed by atoms with Crippen molar-refractivity contribution >= 4 is 26.7 Å². The number of piperidine rings is 1. The number of anilines is 1. The van der Waals surface area contributed by atoms with Crippen LogP contribution in [0.1, 0.15) is 24.7 Å². The summed E-state index contributed by atoms with van der Waals surface area (Å²) in [5.41, 5.74) is 3.12. The number of sulfonamides is 1. The second-order valence-electron chi connectivity index (χ2n) is 8.00. The number of fused-ring (bicyclic) bond motifs is 1. The number of likely N-dealkylation sites (N-methyl/N-ethyl adjacent to an activating group) is 1. The van der Waals surface area contributed by atoms with Crippen LogP contribution in [-0.2, 0) is 17.1 Å². The predicted octanol–water partition coefficient (Wildman–Crippen LogP) is 2.45. The summed E-state index contributed by atoms with van der Waals surface area (Å²) in [4.78, 5) is 10.1. The molecule has 8 nitrogen and oxygen atoms in total. The summed E-state index contributed by atoms with van der Waals surface area (Å²) in [5.74, 6) is 0.365. The molecule has 0 aliphatic carbocycles. The van der Waals surface area contributed by atoms with E-state index in [-0.39, 0.29) is 6.04 Å². The van der Waals surface area contributed by atoms with Gasteiger partial charge in [0.1, 0.15) is 10.5 Å². The first-order valence-corrected chi connectivity index (χ1v) is 11.3. The van der Waals surface area contributed by atoms with Crippen molar-refractivity contribution in [3.63, 3.8) is 0 Å². The fourth-order valence-corrected chi connectivity index (χ4v) is 6.30. The Hall–Kier alpha value is -2.39. The highest BCUT2D eigenvalue weighted by Gasteiger charge is 2.38. The number of nitrogens with zero attached hydrogens (tertiary/aromatic N) is 5. The predicted molar refractivity (Wildman–Crippen MR) is 114 cm³/mol. The van der Waals surface area contributed by atoms with Gasteiger partial charge >= 0.3 is 0 Å². The molecule has 156 valence electrons. The fraction of sp³-hybridized carbons (Fsp3) is 0.500. The van der Waals surface area contributed by atoms with E-state index in [2.05, 4.69) is 26.9 Å². The highest BCUT2D eigenvalue weighted by atomic mass is 32.2. The smallest absolute Gasteiger partial charge is 0.246 e. The van der Waals surface area contributed by atoms with Crippen LogP contribution >= 0.6 is 0 Å². The SMILES string of the molecule is Cc1nn(C)c(C)c1S(=O)(=O)N1CC[C@@H](C)C(N(C)c2ccnc3[nH]ccc23)C1. The van der Waals surface area contributed by atoms with E-state index in [4.69, 9.17) is 0 Å². The number of hydrogen-bond acceptors (Lipinski definition) is 5. The third-order valence-electron chi connectivity index (χ3n) is 6.24. The van der Waals surface area contributed by atoms with Crippen molar-refractivity contribution in [3.8, 4) is 0 Å². The number of pyridine rings is 1. The molecule has 0 amide bonds. The molecule has 1 unspecified atom stereocenters. The van der Waals surface area contributed by atoms with Crippen LogP contribution in [0.5, 0.6) is 0 Å². The van der Waals surface area contributed by atoms with Gasteiger partial charge in [-0.25, -0.2) is 13.4 Å². The van der Waals surface area contributed by atoms with Crippen LogP contribution in [-0.4, -0.2) is 58.7 Å². The largest absolute Gasteiger partial charge is 0.369 e. The molecule has 2 atom stereocenters. The Morgan fingerprint density at radius 3 is 2.72 bits per heavy atom.